The van der Waals surface area contributed by atoms with Crippen molar-refractivity contribution >= 4 is 28.7 Å². The summed E-state index contributed by atoms with van der Waals surface area (Å²) in [6.45, 7) is 6.03. The Morgan fingerprint density at radius 1 is 1.29 bits per heavy atom. The highest BCUT2D eigenvalue weighted by Gasteiger charge is 2.06. The van der Waals surface area contributed by atoms with Gasteiger partial charge >= 0.3 is 0 Å². The minimum Gasteiger partial charge on any atom is -0.357 e. The molecule has 0 unspecified atom stereocenters. The third-order valence-electron chi connectivity index (χ3n) is 3.21. The zero-order valence-electron chi connectivity index (χ0n) is 12.4. The van der Waals surface area contributed by atoms with Crippen molar-refractivity contribution in [3.8, 4) is 0 Å². The molecule has 0 atom stereocenters. The van der Waals surface area contributed by atoms with Crippen LogP contribution in [-0.2, 0) is 11.2 Å². The lowest BCUT2D eigenvalue weighted by molar-refractivity contribution is -0.116. The van der Waals surface area contributed by atoms with Crippen LogP contribution in [0.15, 0.2) is 29.2 Å². The van der Waals surface area contributed by atoms with Gasteiger partial charge in [-0.25, -0.2) is 9.97 Å². The molecule has 21 heavy (non-hydrogen) atoms. The molecule has 0 aliphatic carbocycles. The molecular formula is C15H20N4OS. The van der Waals surface area contributed by atoms with Crippen molar-refractivity contribution in [3.05, 3.63) is 34.9 Å². The van der Waals surface area contributed by atoms with Gasteiger partial charge in [0.25, 0.3) is 0 Å². The van der Waals surface area contributed by atoms with Gasteiger partial charge in [-0.3, -0.25) is 4.79 Å². The summed E-state index contributed by atoms with van der Waals surface area (Å²) in [5.74, 6) is 0.917. The summed E-state index contributed by atoms with van der Waals surface area (Å²) in [7, 11) is 0. The number of pyridine rings is 1. The number of hydrogen-bond acceptors (Lipinski definition) is 5. The smallest absolute Gasteiger partial charge is 0.224 e. The van der Waals surface area contributed by atoms with E-state index in [2.05, 4.69) is 34.0 Å². The number of rotatable bonds is 7. The average Bonchev–Trinajstić information content (AvgIpc) is 3.01. The van der Waals surface area contributed by atoms with E-state index in [0.29, 0.717) is 12.8 Å². The minimum atomic E-state index is -0.0135. The predicted molar refractivity (Wildman–Crippen MR) is 86.9 cm³/mol. The van der Waals surface area contributed by atoms with Gasteiger partial charge in [-0.2, -0.15) is 0 Å². The Hall–Kier alpha value is -1.95. The monoisotopic (exact) mass is 304 g/mol. The molecule has 0 aromatic carbocycles. The molecule has 0 bridgehead atoms. The zero-order valence-corrected chi connectivity index (χ0v) is 13.2. The Morgan fingerprint density at radius 2 is 2.10 bits per heavy atom. The Bertz CT molecular complexity index is 550. The number of thiazole rings is 1. The summed E-state index contributed by atoms with van der Waals surface area (Å²) in [6.07, 6.45) is 2.80. The molecule has 2 rings (SSSR count). The standard InChI is InChI=1S/C15H20N4OS/c1-3-19(4-2)14-7-5-12(9-16-14)18-15(20)8-6-13-10-21-11-17-13/h5,7,9-11H,3-4,6,8H2,1-2H3,(H,18,20). The van der Waals surface area contributed by atoms with Crippen LogP contribution in [0.5, 0.6) is 0 Å². The first-order chi connectivity index (χ1) is 10.2. The van der Waals surface area contributed by atoms with E-state index in [4.69, 9.17) is 0 Å². The van der Waals surface area contributed by atoms with Gasteiger partial charge in [0.15, 0.2) is 0 Å². The highest BCUT2D eigenvalue weighted by molar-refractivity contribution is 7.07. The number of hydrogen-bond donors (Lipinski definition) is 1. The van der Waals surface area contributed by atoms with E-state index in [1.54, 1.807) is 23.0 Å². The Morgan fingerprint density at radius 3 is 2.67 bits per heavy atom. The third kappa shape index (κ3) is 4.53. The largest absolute Gasteiger partial charge is 0.357 e. The van der Waals surface area contributed by atoms with Crippen molar-refractivity contribution in [3.63, 3.8) is 0 Å². The molecule has 1 N–H and O–H groups in total. The van der Waals surface area contributed by atoms with Crippen LogP contribution in [0.2, 0.25) is 0 Å². The van der Waals surface area contributed by atoms with Crippen molar-refractivity contribution in [2.75, 3.05) is 23.3 Å². The van der Waals surface area contributed by atoms with E-state index in [0.717, 1.165) is 30.3 Å². The van der Waals surface area contributed by atoms with Crippen molar-refractivity contribution in [1.29, 1.82) is 0 Å². The van der Waals surface area contributed by atoms with E-state index < -0.39 is 0 Å². The van der Waals surface area contributed by atoms with Gasteiger partial charge in [0.2, 0.25) is 5.91 Å². The summed E-state index contributed by atoms with van der Waals surface area (Å²) in [5, 5.41) is 4.83. The fourth-order valence-corrected chi connectivity index (χ4v) is 2.61. The summed E-state index contributed by atoms with van der Waals surface area (Å²) in [6, 6.07) is 3.82. The Labute approximate surface area is 129 Å². The number of aromatic nitrogens is 2. The number of aryl methyl sites for hydroxylation is 1. The first-order valence-electron chi connectivity index (χ1n) is 7.10. The second-order valence-corrected chi connectivity index (χ2v) is 5.32. The van der Waals surface area contributed by atoms with Gasteiger partial charge in [-0.1, -0.05) is 0 Å². The summed E-state index contributed by atoms with van der Waals surface area (Å²) >= 11 is 1.55. The Balaban J connectivity index is 1.86. The van der Waals surface area contributed by atoms with Gasteiger partial charge in [0, 0.05) is 24.9 Å². The predicted octanol–water partition coefficient (Wildman–Crippen LogP) is 2.96. The van der Waals surface area contributed by atoms with E-state index in [9.17, 15) is 4.79 Å². The van der Waals surface area contributed by atoms with Crippen LogP contribution in [0.25, 0.3) is 0 Å². The molecule has 112 valence electrons. The molecule has 0 fully saturated rings. The summed E-state index contributed by atoms with van der Waals surface area (Å²) in [5.41, 5.74) is 3.47. The fraction of sp³-hybridized carbons (Fsp3) is 0.400. The van der Waals surface area contributed by atoms with Crippen LogP contribution < -0.4 is 10.2 Å². The van der Waals surface area contributed by atoms with Gasteiger partial charge in [0.05, 0.1) is 23.1 Å². The van der Waals surface area contributed by atoms with Crippen molar-refractivity contribution in [1.82, 2.24) is 9.97 Å². The van der Waals surface area contributed by atoms with Gasteiger partial charge in [-0.15, -0.1) is 11.3 Å². The second kappa shape index (κ2) is 7.73. The van der Waals surface area contributed by atoms with E-state index >= 15 is 0 Å². The Kier molecular flexibility index (Phi) is 5.68. The molecular weight excluding hydrogens is 284 g/mol. The number of amides is 1. The number of nitrogens with zero attached hydrogens (tertiary/aromatic N) is 3. The molecule has 1 amide bonds. The molecule has 2 aromatic heterocycles. The van der Waals surface area contributed by atoms with Crippen LogP contribution in [0.4, 0.5) is 11.5 Å². The van der Waals surface area contributed by atoms with Crippen molar-refractivity contribution in [2.24, 2.45) is 0 Å². The first kappa shape index (κ1) is 15.4. The van der Waals surface area contributed by atoms with E-state index in [1.165, 1.54) is 0 Å². The zero-order chi connectivity index (χ0) is 15.1. The van der Waals surface area contributed by atoms with Gasteiger partial charge in [-0.05, 0) is 32.4 Å². The lowest BCUT2D eigenvalue weighted by Gasteiger charge is -2.19. The van der Waals surface area contributed by atoms with Crippen LogP contribution >= 0.6 is 11.3 Å². The molecule has 0 radical (unpaired) electrons. The molecule has 2 heterocycles. The third-order valence-corrected chi connectivity index (χ3v) is 3.85. The maximum atomic E-state index is 11.9. The highest BCUT2D eigenvalue weighted by Crippen LogP contribution is 2.14. The molecule has 2 aromatic rings. The topological polar surface area (TPSA) is 58.1 Å². The lowest BCUT2D eigenvalue weighted by atomic mass is 10.2. The molecule has 6 heteroatoms. The fourth-order valence-electron chi connectivity index (χ4n) is 2.02. The van der Waals surface area contributed by atoms with E-state index in [1.807, 2.05) is 17.5 Å². The summed E-state index contributed by atoms with van der Waals surface area (Å²) < 4.78 is 0. The maximum Gasteiger partial charge on any atom is 0.224 e. The van der Waals surface area contributed by atoms with Crippen molar-refractivity contribution in [2.45, 2.75) is 26.7 Å². The molecule has 0 aliphatic rings. The van der Waals surface area contributed by atoms with Crippen LogP contribution in [-0.4, -0.2) is 29.0 Å². The molecule has 0 saturated carbocycles. The normalized spacial score (nSPS) is 10.4. The van der Waals surface area contributed by atoms with Crippen LogP contribution in [0, 0.1) is 0 Å². The number of carbonyl (C=O) groups excluding carboxylic acids is 1. The molecule has 0 aliphatic heterocycles. The molecule has 0 spiro atoms. The first-order valence-corrected chi connectivity index (χ1v) is 8.05. The highest BCUT2D eigenvalue weighted by atomic mass is 32.1. The number of anilines is 2. The molecule has 0 saturated heterocycles. The average molecular weight is 304 g/mol. The van der Waals surface area contributed by atoms with Crippen LogP contribution in [0.3, 0.4) is 0 Å². The van der Waals surface area contributed by atoms with Gasteiger partial charge in [0.1, 0.15) is 5.82 Å². The maximum absolute atomic E-state index is 11.9. The van der Waals surface area contributed by atoms with Gasteiger partial charge < -0.3 is 10.2 Å². The van der Waals surface area contributed by atoms with Crippen LogP contribution in [0.1, 0.15) is 26.0 Å². The van der Waals surface area contributed by atoms with Crippen molar-refractivity contribution < 1.29 is 4.79 Å². The molecule has 5 nitrogen and oxygen atoms in total. The SMILES string of the molecule is CCN(CC)c1ccc(NC(=O)CCc2cscn2)cn1. The number of nitrogens with one attached hydrogen (secondary N) is 1. The second-order valence-electron chi connectivity index (χ2n) is 4.61. The lowest BCUT2D eigenvalue weighted by Crippen LogP contribution is -2.22. The quantitative estimate of drug-likeness (QED) is 0.854. The summed E-state index contributed by atoms with van der Waals surface area (Å²) in [4.78, 5) is 22.6. The number of carbonyl (C=O) groups is 1. The van der Waals surface area contributed by atoms with E-state index in [-0.39, 0.29) is 5.91 Å². The minimum absolute atomic E-state index is 0.0135.